The molecule has 0 fully saturated rings. The fourth-order valence-corrected chi connectivity index (χ4v) is 2.92. The average molecular weight is 399 g/mol. The van der Waals surface area contributed by atoms with Gasteiger partial charge in [-0.1, -0.05) is 11.2 Å². The maximum Gasteiger partial charge on any atom is 0.306 e. The third-order valence-electron chi connectivity index (χ3n) is 3.69. The van der Waals surface area contributed by atoms with Gasteiger partial charge in [0.05, 0.1) is 11.3 Å². The number of nitrogens with zero attached hydrogens (tertiary/aromatic N) is 2. The third kappa shape index (κ3) is 5.34. The number of anilines is 1. The van der Waals surface area contributed by atoms with Crippen LogP contribution in [0, 0.1) is 0 Å². The van der Waals surface area contributed by atoms with Gasteiger partial charge in [0.1, 0.15) is 0 Å². The molecule has 2 heterocycles. The van der Waals surface area contributed by atoms with Crippen molar-refractivity contribution in [1.82, 2.24) is 10.1 Å². The van der Waals surface area contributed by atoms with Crippen LogP contribution in [0.15, 0.2) is 46.3 Å². The molecule has 0 saturated carbocycles. The predicted octanol–water partition coefficient (Wildman–Crippen LogP) is 3.12. The zero-order valence-electron chi connectivity index (χ0n) is 15.0. The highest BCUT2D eigenvalue weighted by atomic mass is 32.1. The van der Waals surface area contributed by atoms with Crippen molar-refractivity contribution in [2.45, 2.75) is 19.8 Å². The van der Waals surface area contributed by atoms with E-state index in [1.165, 1.54) is 18.3 Å². The van der Waals surface area contributed by atoms with Gasteiger partial charge in [-0.2, -0.15) is 4.98 Å². The van der Waals surface area contributed by atoms with E-state index in [1.807, 2.05) is 17.5 Å². The number of aryl methyl sites for hydroxylation is 1. The van der Waals surface area contributed by atoms with Gasteiger partial charge in [0.2, 0.25) is 11.7 Å². The Morgan fingerprint density at radius 2 is 1.96 bits per heavy atom. The Bertz CT molecular complexity index is 964. The molecule has 1 N–H and O–H groups in total. The topological polar surface area (TPSA) is 111 Å². The summed E-state index contributed by atoms with van der Waals surface area (Å²) in [6, 6.07) is 10.2. The van der Waals surface area contributed by atoms with Gasteiger partial charge in [0.25, 0.3) is 5.91 Å². The second-order valence-corrected chi connectivity index (χ2v) is 6.78. The standard InChI is InChI=1S/C19H17N3O5S/c1-12(23)13-4-6-14(7-5-13)20-16(24)11-26-18(25)9-8-17-21-19(22-27-17)15-3-2-10-28-15/h2-7,10H,8-9,11H2,1H3,(H,20,24). The van der Waals surface area contributed by atoms with Crippen LogP contribution >= 0.6 is 11.3 Å². The lowest BCUT2D eigenvalue weighted by atomic mass is 10.1. The van der Waals surface area contributed by atoms with E-state index < -0.39 is 18.5 Å². The number of benzene rings is 1. The largest absolute Gasteiger partial charge is 0.456 e. The van der Waals surface area contributed by atoms with Crippen molar-refractivity contribution >= 4 is 34.7 Å². The van der Waals surface area contributed by atoms with E-state index in [-0.39, 0.29) is 18.6 Å². The van der Waals surface area contributed by atoms with Crippen LogP contribution in [-0.4, -0.2) is 34.4 Å². The van der Waals surface area contributed by atoms with Crippen molar-refractivity contribution in [1.29, 1.82) is 0 Å². The molecule has 0 bridgehead atoms. The molecule has 0 aliphatic carbocycles. The Balaban J connectivity index is 1.40. The number of hydrogen-bond donors (Lipinski definition) is 1. The second kappa shape index (κ2) is 9.05. The number of carbonyl (C=O) groups is 3. The number of rotatable bonds is 8. The molecule has 9 heteroatoms. The van der Waals surface area contributed by atoms with Gasteiger partial charge in [-0.25, -0.2) is 0 Å². The molecule has 0 aliphatic heterocycles. The molecule has 0 spiro atoms. The average Bonchev–Trinajstić information content (AvgIpc) is 3.36. The van der Waals surface area contributed by atoms with Crippen molar-refractivity contribution in [3.8, 4) is 10.7 Å². The van der Waals surface area contributed by atoms with E-state index in [9.17, 15) is 14.4 Å². The van der Waals surface area contributed by atoms with Crippen molar-refractivity contribution in [3.63, 3.8) is 0 Å². The quantitative estimate of drug-likeness (QED) is 0.457. The summed E-state index contributed by atoms with van der Waals surface area (Å²) in [6.45, 7) is 1.06. The van der Waals surface area contributed by atoms with E-state index in [1.54, 1.807) is 24.3 Å². The van der Waals surface area contributed by atoms with E-state index in [4.69, 9.17) is 9.26 Å². The molecular weight excluding hydrogens is 382 g/mol. The van der Waals surface area contributed by atoms with Gasteiger partial charge < -0.3 is 14.6 Å². The summed E-state index contributed by atoms with van der Waals surface area (Å²) in [4.78, 5) is 40.0. The van der Waals surface area contributed by atoms with Crippen molar-refractivity contribution in [2.75, 3.05) is 11.9 Å². The number of ketones is 1. The minimum atomic E-state index is -0.544. The minimum Gasteiger partial charge on any atom is -0.456 e. The van der Waals surface area contributed by atoms with Crippen molar-refractivity contribution in [2.24, 2.45) is 0 Å². The zero-order valence-corrected chi connectivity index (χ0v) is 15.8. The maximum atomic E-state index is 11.8. The summed E-state index contributed by atoms with van der Waals surface area (Å²) in [5, 5.41) is 8.36. The van der Waals surface area contributed by atoms with Crippen LogP contribution in [0.3, 0.4) is 0 Å². The van der Waals surface area contributed by atoms with Crippen LogP contribution in [0.5, 0.6) is 0 Å². The second-order valence-electron chi connectivity index (χ2n) is 5.83. The lowest BCUT2D eigenvalue weighted by Gasteiger charge is -2.06. The molecule has 0 atom stereocenters. The van der Waals surface area contributed by atoms with Gasteiger partial charge >= 0.3 is 5.97 Å². The molecule has 0 unspecified atom stereocenters. The number of aromatic nitrogens is 2. The Morgan fingerprint density at radius 1 is 1.18 bits per heavy atom. The van der Waals surface area contributed by atoms with Gasteiger partial charge in [-0.3, -0.25) is 14.4 Å². The highest BCUT2D eigenvalue weighted by molar-refractivity contribution is 7.13. The van der Waals surface area contributed by atoms with Gasteiger partial charge in [0.15, 0.2) is 12.4 Å². The third-order valence-corrected chi connectivity index (χ3v) is 4.56. The van der Waals surface area contributed by atoms with E-state index in [2.05, 4.69) is 15.5 Å². The van der Waals surface area contributed by atoms with Gasteiger partial charge in [-0.15, -0.1) is 11.3 Å². The summed E-state index contributed by atoms with van der Waals surface area (Å²) in [6.07, 6.45) is 0.248. The SMILES string of the molecule is CC(=O)c1ccc(NC(=O)COC(=O)CCc2nc(-c3cccs3)no2)cc1. The number of esters is 1. The van der Waals surface area contributed by atoms with Crippen molar-refractivity contribution < 1.29 is 23.6 Å². The Labute approximate surface area is 164 Å². The molecule has 0 aliphatic rings. The summed E-state index contributed by atoms with van der Waals surface area (Å²) in [5.41, 5.74) is 1.06. The monoisotopic (exact) mass is 399 g/mol. The molecule has 2 aromatic heterocycles. The van der Waals surface area contributed by atoms with Crippen LogP contribution < -0.4 is 5.32 Å². The maximum absolute atomic E-state index is 11.8. The first kappa shape index (κ1) is 19.4. The predicted molar refractivity (Wildman–Crippen MR) is 102 cm³/mol. The normalized spacial score (nSPS) is 10.5. The molecule has 1 aromatic carbocycles. The highest BCUT2D eigenvalue weighted by Crippen LogP contribution is 2.21. The van der Waals surface area contributed by atoms with Crippen LogP contribution in [0.1, 0.15) is 29.6 Å². The number of hydrogen-bond acceptors (Lipinski definition) is 8. The lowest BCUT2D eigenvalue weighted by Crippen LogP contribution is -2.21. The van der Waals surface area contributed by atoms with Gasteiger partial charge in [0, 0.05) is 17.7 Å². The molecule has 3 aromatic rings. The number of thiophene rings is 1. The van der Waals surface area contributed by atoms with Crippen LogP contribution in [-0.2, 0) is 20.7 Å². The van der Waals surface area contributed by atoms with E-state index in [0.717, 1.165) is 4.88 Å². The number of amides is 1. The zero-order chi connectivity index (χ0) is 19.9. The first-order chi connectivity index (χ1) is 13.5. The number of carbonyl (C=O) groups excluding carboxylic acids is 3. The molecule has 28 heavy (non-hydrogen) atoms. The molecule has 8 nitrogen and oxygen atoms in total. The first-order valence-electron chi connectivity index (χ1n) is 8.44. The molecule has 0 radical (unpaired) electrons. The summed E-state index contributed by atoms with van der Waals surface area (Å²) in [5.74, 6) is -0.265. The smallest absolute Gasteiger partial charge is 0.306 e. The Kier molecular flexibility index (Phi) is 6.28. The molecule has 3 rings (SSSR count). The van der Waals surface area contributed by atoms with E-state index >= 15 is 0 Å². The van der Waals surface area contributed by atoms with Crippen LogP contribution in [0.25, 0.3) is 10.7 Å². The highest BCUT2D eigenvalue weighted by Gasteiger charge is 2.13. The van der Waals surface area contributed by atoms with Gasteiger partial charge in [-0.05, 0) is 42.6 Å². The Morgan fingerprint density at radius 3 is 2.64 bits per heavy atom. The molecular formula is C19H17N3O5S. The number of Topliss-reactive ketones (excluding diaryl/α,β-unsaturated/α-hetero) is 1. The number of nitrogens with one attached hydrogen (secondary N) is 1. The molecule has 1 amide bonds. The van der Waals surface area contributed by atoms with Crippen LogP contribution in [0.4, 0.5) is 5.69 Å². The summed E-state index contributed by atoms with van der Waals surface area (Å²) >= 11 is 1.49. The summed E-state index contributed by atoms with van der Waals surface area (Å²) in [7, 11) is 0. The molecule has 0 saturated heterocycles. The van der Waals surface area contributed by atoms with Crippen molar-refractivity contribution in [3.05, 3.63) is 53.2 Å². The number of ether oxygens (including phenoxy) is 1. The fraction of sp³-hybridized carbons (Fsp3) is 0.211. The molecule has 144 valence electrons. The Hall–Kier alpha value is -3.33. The summed E-state index contributed by atoms with van der Waals surface area (Å²) < 4.78 is 10.1. The van der Waals surface area contributed by atoms with E-state index in [0.29, 0.717) is 23.0 Å². The minimum absolute atomic E-state index is 0.0205. The lowest BCUT2D eigenvalue weighted by molar-refractivity contribution is -0.147. The van der Waals surface area contributed by atoms with Crippen LogP contribution in [0.2, 0.25) is 0 Å². The fourth-order valence-electron chi connectivity index (χ4n) is 2.27. The first-order valence-corrected chi connectivity index (χ1v) is 9.32.